The minimum atomic E-state index is 0.0107. The van der Waals surface area contributed by atoms with Gasteiger partial charge in [-0.05, 0) is 19.8 Å². The maximum Gasteiger partial charge on any atom is 0.220 e. The van der Waals surface area contributed by atoms with E-state index in [-0.39, 0.29) is 17.6 Å². The molecule has 1 unspecified atom stereocenters. The highest BCUT2D eigenvalue weighted by molar-refractivity contribution is 5.88. The van der Waals surface area contributed by atoms with E-state index in [0.29, 0.717) is 19.4 Å². The zero-order chi connectivity index (χ0) is 8.97. The molecule has 1 fully saturated rings. The van der Waals surface area contributed by atoms with Crippen LogP contribution in [0.15, 0.2) is 0 Å². The Balaban J connectivity index is 2.30. The number of Topliss-reactive ketones (excluding diaryl/α,β-unsaturated/α-hetero) is 1. The smallest absolute Gasteiger partial charge is 0.220 e. The second-order valence-electron chi connectivity index (χ2n) is 3.21. The largest absolute Gasteiger partial charge is 0.356 e. The minimum Gasteiger partial charge on any atom is -0.356 e. The average molecular weight is 169 g/mol. The first-order valence-electron chi connectivity index (χ1n) is 4.53. The molecule has 0 radical (unpaired) electrons. The molecule has 3 nitrogen and oxygen atoms in total. The molecule has 0 aromatic rings. The predicted octanol–water partition coefficient (Wildman–Crippen LogP) is 0.882. The van der Waals surface area contributed by atoms with E-state index in [1.807, 2.05) is 6.92 Å². The summed E-state index contributed by atoms with van der Waals surface area (Å²) < 4.78 is 0. The van der Waals surface area contributed by atoms with E-state index in [9.17, 15) is 9.59 Å². The molecular weight excluding hydrogens is 154 g/mol. The third-order valence-corrected chi connectivity index (χ3v) is 2.24. The molecule has 1 amide bonds. The lowest BCUT2D eigenvalue weighted by atomic mass is 10.0. The van der Waals surface area contributed by atoms with Crippen molar-refractivity contribution in [1.82, 2.24) is 5.32 Å². The third-order valence-electron chi connectivity index (χ3n) is 2.24. The number of amides is 1. The zero-order valence-electron chi connectivity index (χ0n) is 7.43. The van der Waals surface area contributed by atoms with Crippen LogP contribution in [0.4, 0.5) is 0 Å². The van der Waals surface area contributed by atoms with Gasteiger partial charge in [-0.15, -0.1) is 0 Å². The molecule has 0 aliphatic heterocycles. The summed E-state index contributed by atoms with van der Waals surface area (Å²) in [5.41, 5.74) is 0. The molecule has 0 aromatic heterocycles. The molecule has 0 saturated heterocycles. The normalized spacial score (nSPS) is 22.8. The lowest BCUT2D eigenvalue weighted by molar-refractivity contribution is -0.127. The van der Waals surface area contributed by atoms with E-state index in [1.54, 1.807) is 0 Å². The van der Waals surface area contributed by atoms with Gasteiger partial charge in [-0.3, -0.25) is 9.59 Å². The Morgan fingerprint density at radius 3 is 2.92 bits per heavy atom. The molecule has 0 bridgehead atoms. The van der Waals surface area contributed by atoms with Crippen LogP contribution >= 0.6 is 0 Å². The first-order valence-corrected chi connectivity index (χ1v) is 4.53. The number of ketones is 1. The standard InChI is InChI=1S/C9H15NO2/c1-2-10-9(12)6-7-4-3-5-8(7)11/h7H,2-6H2,1H3,(H,10,12). The molecule has 12 heavy (non-hydrogen) atoms. The zero-order valence-corrected chi connectivity index (χ0v) is 7.43. The van der Waals surface area contributed by atoms with Crippen molar-refractivity contribution in [2.75, 3.05) is 6.54 Å². The van der Waals surface area contributed by atoms with Crippen LogP contribution in [0.1, 0.15) is 32.6 Å². The van der Waals surface area contributed by atoms with Gasteiger partial charge in [0.05, 0.1) is 0 Å². The molecule has 1 atom stereocenters. The minimum absolute atomic E-state index is 0.0107. The Labute approximate surface area is 72.5 Å². The van der Waals surface area contributed by atoms with Gasteiger partial charge in [0.25, 0.3) is 0 Å². The van der Waals surface area contributed by atoms with Crippen LogP contribution < -0.4 is 5.32 Å². The second-order valence-corrected chi connectivity index (χ2v) is 3.21. The van der Waals surface area contributed by atoms with Gasteiger partial charge in [0.15, 0.2) is 0 Å². The van der Waals surface area contributed by atoms with E-state index in [0.717, 1.165) is 12.8 Å². The number of rotatable bonds is 3. The molecular formula is C9H15NO2. The maximum atomic E-state index is 11.1. The van der Waals surface area contributed by atoms with Crippen LogP contribution in [0, 0.1) is 5.92 Å². The highest BCUT2D eigenvalue weighted by Crippen LogP contribution is 2.23. The van der Waals surface area contributed by atoms with Gasteiger partial charge >= 0.3 is 0 Å². The number of hydrogen-bond donors (Lipinski definition) is 1. The lowest BCUT2D eigenvalue weighted by Crippen LogP contribution is -2.26. The number of hydrogen-bond acceptors (Lipinski definition) is 2. The summed E-state index contributed by atoms with van der Waals surface area (Å²) in [7, 11) is 0. The quantitative estimate of drug-likeness (QED) is 0.681. The Hall–Kier alpha value is -0.860. The van der Waals surface area contributed by atoms with Crippen molar-refractivity contribution >= 4 is 11.7 Å². The van der Waals surface area contributed by atoms with Gasteiger partial charge in [0.2, 0.25) is 5.91 Å². The van der Waals surface area contributed by atoms with Gasteiger partial charge in [-0.1, -0.05) is 0 Å². The summed E-state index contributed by atoms with van der Waals surface area (Å²) in [6.45, 7) is 2.54. The van der Waals surface area contributed by atoms with E-state index in [1.165, 1.54) is 0 Å². The number of nitrogens with one attached hydrogen (secondary N) is 1. The molecule has 1 rings (SSSR count). The Kier molecular flexibility index (Phi) is 3.26. The second kappa shape index (κ2) is 4.24. The van der Waals surface area contributed by atoms with E-state index >= 15 is 0 Å². The van der Waals surface area contributed by atoms with E-state index in [2.05, 4.69) is 5.32 Å². The Bertz CT molecular complexity index is 189. The summed E-state index contributed by atoms with van der Waals surface area (Å²) in [4.78, 5) is 22.2. The van der Waals surface area contributed by atoms with Crippen molar-refractivity contribution in [3.8, 4) is 0 Å². The molecule has 0 heterocycles. The third kappa shape index (κ3) is 2.32. The predicted molar refractivity (Wildman–Crippen MR) is 45.6 cm³/mol. The van der Waals surface area contributed by atoms with Crippen LogP contribution in [0.3, 0.4) is 0 Å². The molecule has 1 N–H and O–H groups in total. The first-order chi connectivity index (χ1) is 5.74. The SMILES string of the molecule is CCNC(=O)CC1CCCC1=O. The highest BCUT2D eigenvalue weighted by Gasteiger charge is 2.26. The van der Waals surface area contributed by atoms with Crippen molar-refractivity contribution in [2.24, 2.45) is 5.92 Å². The van der Waals surface area contributed by atoms with Crippen molar-refractivity contribution < 1.29 is 9.59 Å². The van der Waals surface area contributed by atoms with Crippen LogP contribution in [0.25, 0.3) is 0 Å². The van der Waals surface area contributed by atoms with Gasteiger partial charge in [0.1, 0.15) is 5.78 Å². The van der Waals surface area contributed by atoms with Crippen molar-refractivity contribution in [2.45, 2.75) is 32.6 Å². The first kappa shape index (κ1) is 9.23. The molecule has 1 aliphatic rings. The summed E-state index contributed by atoms with van der Waals surface area (Å²) in [6.07, 6.45) is 2.93. The molecule has 1 saturated carbocycles. The summed E-state index contributed by atoms with van der Waals surface area (Å²) in [6, 6.07) is 0. The molecule has 3 heteroatoms. The van der Waals surface area contributed by atoms with Crippen LogP contribution in [0.5, 0.6) is 0 Å². The molecule has 1 aliphatic carbocycles. The average Bonchev–Trinajstić information content (AvgIpc) is 2.37. The fourth-order valence-corrected chi connectivity index (χ4v) is 1.60. The Morgan fingerprint density at radius 2 is 2.42 bits per heavy atom. The fourth-order valence-electron chi connectivity index (χ4n) is 1.60. The molecule has 0 aromatic carbocycles. The van der Waals surface area contributed by atoms with Crippen molar-refractivity contribution in [3.63, 3.8) is 0 Å². The number of carbonyl (C=O) groups excluding carboxylic acids is 2. The summed E-state index contributed by atoms with van der Waals surface area (Å²) in [5, 5.41) is 2.70. The number of carbonyl (C=O) groups is 2. The van der Waals surface area contributed by atoms with Crippen LogP contribution in [-0.4, -0.2) is 18.2 Å². The molecule has 0 spiro atoms. The summed E-state index contributed by atoms with van der Waals surface area (Å²) in [5.74, 6) is 0.288. The highest BCUT2D eigenvalue weighted by atomic mass is 16.2. The van der Waals surface area contributed by atoms with E-state index in [4.69, 9.17) is 0 Å². The maximum absolute atomic E-state index is 11.1. The van der Waals surface area contributed by atoms with Crippen molar-refractivity contribution in [3.05, 3.63) is 0 Å². The fraction of sp³-hybridized carbons (Fsp3) is 0.778. The van der Waals surface area contributed by atoms with Crippen molar-refractivity contribution in [1.29, 1.82) is 0 Å². The lowest BCUT2D eigenvalue weighted by Gasteiger charge is -2.06. The molecule has 68 valence electrons. The van der Waals surface area contributed by atoms with Gasteiger partial charge in [-0.2, -0.15) is 0 Å². The van der Waals surface area contributed by atoms with E-state index < -0.39 is 0 Å². The van der Waals surface area contributed by atoms with Gasteiger partial charge < -0.3 is 5.32 Å². The van der Waals surface area contributed by atoms with Gasteiger partial charge in [0, 0.05) is 25.3 Å². The Morgan fingerprint density at radius 1 is 1.67 bits per heavy atom. The monoisotopic (exact) mass is 169 g/mol. The van der Waals surface area contributed by atoms with Gasteiger partial charge in [-0.25, -0.2) is 0 Å². The van der Waals surface area contributed by atoms with Crippen LogP contribution in [-0.2, 0) is 9.59 Å². The van der Waals surface area contributed by atoms with Crippen LogP contribution in [0.2, 0.25) is 0 Å². The summed E-state index contributed by atoms with van der Waals surface area (Å²) >= 11 is 0. The topological polar surface area (TPSA) is 46.2 Å².